The number of anilines is 1. The molecule has 1 fully saturated rings. The van der Waals surface area contributed by atoms with E-state index in [0.29, 0.717) is 49.5 Å². The summed E-state index contributed by atoms with van der Waals surface area (Å²) in [6, 6.07) is 12.0. The molecule has 2 aromatic carbocycles. The number of hydrogen-bond donors (Lipinski definition) is 1. The monoisotopic (exact) mass is 726 g/mol. The number of nitrogens with zero attached hydrogens (tertiary/aromatic N) is 3. The highest BCUT2D eigenvalue weighted by Gasteiger charge is 2.42. The Hall–Kier alpha value is -3.12. The number of amides is 2. The quantitative estimate of drug-likeness (QED) is 0.392. The predicted octanol–water partition coefficient (Wildman–Crippen LogP) is 5.87. The summed E-state index contributed by atoms with van der Waals surface area (Å²) in [5, 5.41) is 0.733. The summed E-state index contributed by atoms with van der Waals surface area (Å²) < 4.78 is 35.1. The highest BCUT2D eigenvalue weighted by Crippen LogP contribution is 2.45. The zero-order chi connectivity index (χ0) is 35.6. The molecule has 3 unspecified atom stereocenters. The fraction of sp³-hybridized carbons (Fsp3) is 0.579. The number of carbonyl (C=O) groups is 2. The van der Waals surface area contributed by atoms with Gasteiger partial charge >= 0.3 is 6.09 Å². The van der Waals surface area contributed by atoms with Gasteiger partial charge in [0.2, 0.25) is 0 Å². The third kappa shape index (κ3) is 7.86. The standard InChI is InChI=1S/C38H51ClN4O6S/c1-6-26-15-18-43-24-38(17-7-9-27-21-28(39)11-13-31(27)38)25-47-34-14-12-30(22-32(34)43)50(46)40-35(44)37(2,3)48-20-8-10-33(26)49-36(45)42-19-16-29(23-42)41(4)5/h8,10-14,21-22,26,29,33H,6-7,9,15-20,23-25H2,1-5H3,(H,40,44)/b10-8+/t26?,29-,33?,38+,50?/m1/s1. The fourth-order valence-corrected chi connectivity index (χ4v) is 8.90. The first-order chi connectivity index (χ1) is 23.9. The molecular weight excluding hydrogens is 676 g/mol. The molecule has 2 aromatic rings. The van der Waals surface area contributed by atoms with Gasteiger partial charge in [0.1, 0.15) is 17.5 Å². The van der Waals surface area contributed by atoms with E-state index in [1.807, 2.05) is 44.4 Å². The number of hydrogen-bond acceptors (Lipinski definition) is 8. The van der Waals surface area contributed by atoms with Crippen LogP contribution < -0.4 is 14.4 Å². The molecule has 5 atom stereocenters. The first-order valence-electron chi connectivity index (χ1n) is 17.9. The molecule has 1 N–H and O–H groups in total. The first-order valence-corrected chi connectivity index (χ1v) is 19.4. The van der Waals surface area contributed by atoms with Gasteiger partial charge in [-0.1, -0.05) is 30.7 Å². The SMILES string of the molecule is CCC1CCN2C[C@@]3(CCCc4cc(Cl)ccc43)COc3ccc(cc32)S(=O)NC(=O)C(C)(C)OC/C=C/C1OC(=O)N1CC[C@@H](N(C)C)C1. The van der Waals surface area contributed by atoms with Crippen molar-refractivity contribution in [3.8, 4) is 5.75 Å². The van der Waals surface area contributed by atoms with E-state index in [4.69, 9.17) is 25.8 Å². The van der Waals surface area contributed by atoms with Crippen molar-refractivity contribution < 1.29 is 28.0 Å². The highest BCUT2D eigenvalue weighted by molar-refractivity contribution is 7.83. The molecule has 50 heavy (non-hydrogen) atoms. The summed E-state index contributed by atoms with van der Waals surface area (Å²) in [7, 11) is 2.26. The van der Waals surface area contributed by atoms with E-state index in [2.05, 4.69) is 33.6 Å². The van der Waals surface area contributed by atoms with Crippen molar-refractivity contribution in [2.45, 2.75) is 87.4 Å². The minimum absolute atomic E-state index is 0.00463. The maximum absolute atomic E-state index is 13.6. The molecule has 1 aliphatic carbocycles. The summed E-state index contributed by atoms with van der Waals surface area (Å²) in [6.45, 7) is 8.69. The van der Waals surface area contributed by atoms with Gasteiger partial charge in [0.15, 0.2) is 11.0 Å². The predicted molar refractivity (Wildman–Crippen MR) is 196 cm³/mol. The van der Waals surface area contributed by atoms with E-state index < -0.39 is 28.6 Å². The van der Waals surface area contributed by atoms with Crippen molar-refractivity contribution in [3.63, 3.8) is 0 Å². The van der Waals surface area contributed by atoms with Gasteiger partial charge in [-0.2, -0.15) is 0 Å². The Labute approximate surface area is 304 Å². The topological polar surface area (TPSA) is 101 Å². The van der Waals surface area contributed by atoms with Gasteiger partial charge in [0.05, 0.1) is 23.8 Å². The molecule has 0 saturated carbocycles. The Balaban J connectivity index is 1.35. The molecule has 4 aliphatic rings. The second-order valence-corrected chi connectivity index (χ2v) is 16.5. The van der Waals surface area contributed by atoms with Crippen LogP contribution in [0.5, 0.6) is 5.75 Å². The van der Waals surface area contributed by atoms with Gasteiger partial charge in [-0.25, -0.2) is 9.00 Å². The van der Waals surface area contributed by atoms with E-state index in [9.17, 15) is 13.8 Å². The molecule has 2 bridgehead atoms. The fourth-order valence-electron chi connectivity index (χ4n) is 7.76. The number of ether oxygens (including phenoxy) is 3. The average Bonchev–Trinajstić information content (AvgIpc) is 3.54. The molecule has 3 heterocycles. The van der Waals surface area contributed by atoms with Gasteiger partial charge in [-0.05, 0) is 114 Å². The number of rotatable bonds is 3. The number of carbonyl (C=O) groups excluding carboxylic acids is 2. The number of benzene rings is 2. The second kappa shape index (κ2) is 15.2. The molecule has 6 rings (SSSR count). The molecule has 272 valence electrons. The summed E-state index contributed by atoms with van der Waals surface area (Å²) in [5.74, 6) is 0.222. The highest BCUT2D eigenvalue weighted by atomic mass is 35.5. The Kier molecular flexibility index (Phi) is 11.2. The van der Waals surface area contributed by atoms with Crippen LogP contribution in [-0.4, -0.2) is 97.2 Å². The zero-order valence-electron chi connectivity index (χ0n) is 29.9. The molecule has 0 radical (unpaired) electrons. The Morgan fingerprint density at radius 3 is 2.74 bits per heavy atom. The lowest BCUT2D eigenvalue weighted by Crippen LogP contribution is -2.46. The van der Waals surface area contributed by atoms with Crippen molar-refractivity contribution in [1.82, 2.24) is 14.5 Å². The van der Waals surface area contributed by atoms with Crippen LogP contribution in [0.2, 0.25) is 5.02 Å². The molecule has 1 spiro atoms. The average molecular weight is 727 g/mol. The van der Waals surface area contributed by atoms with Gasteiger partial charge in [-0.3, -0.25) is 9.52 Å². The van der Waals surface area contributed by atoms with Crippen molar-refractivity contribution in [1.29, 1.82) is 0 Å². The van der Waals surface area contributed by atoms with E-state index in [-0.39, 0.29) is 24.0 Å². The minimum atomic E-state index is -1.82. The van der Waals surface area contributed by atoms with Gasteiger partial charge < -0.3 is 28.9 Å². The summed E-state index contributed by atoms with van der Waals surface area (Å²) in [4.78, 5) is 33.6. The Bertz CT molecular complexity index is 1630. The van der Waals surface area contributed by atoms with E-state index >= 15 is 0 Å². The number of halogens is 1. The van der Waals surface area contributed by atoms with Gasteiger partial charge in [-0.15, -0.1) is 0 Å². The number of likely N-dealkylation sites (N-methyl/N-ethyl adjacent to an activating group) is 1. The molecule has 12 heteroatoms. The van der Waals surface area contributed by atoms with E-state index in [1.54, 1.807) is 24.8 Å². The van der Waals surface area contributed by atoms with Gasteiger partial charge in [0, 0.05) is 48.6 Å². The van der Waals surface area contributed by atoms with Crippen LogP contribution in [0.4, 0.5) is 10.5 Å². The number of nitrogens with one attached hydrogen (secondary N) is 1. The van der Waals surface area contributed by atoms with Crippen LogP contribution in [-0.2, 0) is 37.1 Å². The largest absolute Gasteiger partial charge is 0.490 e. The third-order valence-electron chi connectivity index (χ3n) is 11.0. The minimum Gasteiger partial charge on any atom is -0.490 e. The number of aryl methyl sites for hydroxylation is 1. The molecule has 3 aliphatic heterocycles. The van der Waals surface area contributed by atoms with Crippen molar-refractivity contribution in [3.05, 3.63) is 64.7 Å². The smallest absolute Gasteiger partial charge is 0.410 e. The zero-order valence-corrected chi connectivity index (χ0v) is 31.5. The van der Waals surface area contributed by atoms with Crippen LogP contribution >= 0.6 is 11.6 Å². The van der Waals surface area contributed by atoms with Crippen molar-refractivity contribution in [2.75, 3.05) is 58.4 Å². The van der Waals surface area contributed by atoms with E-state index in [0.717, 1.165) is 49.2 Å². The maximum Gasteiger partial charge on any atom is 0.410 e. The van der Waals surface area contributed by atoms with Crippen LogP contribution in [0.1, 0.15) is 64.0 Å². The molecule has 1 saturated heterocycles. The van der Waals surface area contributed by atoms with Crippen LogP contribution in [0.3, 0.4) is 0 Å². The van der Waals surface area contributed by atoms with Crippen molar-refractivity contribution in [2.24, 2.45) is 5.92 Å². The summed E-state index contributed by atoms with van der Waals surface area (Å²) in [5.41, 5.74) is 1.81. The lowest BCUT2D eigenvalue weighted by atomic mass is 9.70. The third-order valence-corrected chi connectivity index (χ3v) is 12.3. The lowest BCUT2D eigenvalue weighted by molar-refractivity contribution is -0.139. The van der Waals surface area contributed by atoms with E-state index in [1.165, 1.54) is 11.1 Å². The van der Waals surface area contributed by atoms with Crippen LogP contribution in [0, 0.1) is 5.92 Å². The summed E-state index contributed by atoms with van der Waals surface area (Å²) >= 11 is 6.45. The van der Waals surface area contributed by atoms with Crippen LogP contribution in [0.25, 0.3) is 0 Å². The normalized spacial score (nSPS) is 29.1. The number of likely N-dealkylation sites (tertiary alicyclic amines) is 1. The molecule has 2 amide bonds. The number of fused-ring (bicyclic) bond motifs is 3. The van der Waals surface area contributed by atoms with Gasteiger partial charge in [0.25, 0.3) is 5.91 Å². The molecule has 10 nitrogen and oxygen atoms in total. The molecule has 0 aromatic heterocycles. The summed E-state index contributed by atoms with van der Waals surface area (Å²) in [6.07, 6.45) is 8.30. The lowest BCUT2D eigenvalue weighted by Gasteiger charge is -2.41. The second-order valence-electron chi connectivity index (χ2n) is 14.9. The molecular formula is C38H51ClN4O6S. The Morgan fingerprint density at radius 1 is 1.16 bits per heavy atom. The van der Waals surface area contributed by atoms with Crippen molar-refractivity contribution >= 4 is 40.3 Å². The Morgan fingerprint density at radius 2 is 1.98 bits per heavy atom. The van der Waals surface area contributed by atoms with Crippen LogP contribution in [0.15, 0.2) is 53.4 Å². The maximum atomic E-state index is 13.6. The first kappa shape index (κ1) is 36.7.